The van der Waals surface area contributed by atoms with Gasteiger partial charge in [-0.05, 0) is 18.6 Å². The van der Waals surface area contributed by atoms with Crippen LogP contribution in [0.1, 0.15) is 12.0 Å². The van der Waals surface area contributed by atoms with Gasteiger partial charge in [0.1, 0.15) is 30.8 Å². The monoisotopic (exact) mass is 348 g/mol. The number of methoxy groups -OCH3 is 1. The molecular formula is C18H24N2O5. The van der Waals surface area contributed by atoms with E-state index in [0.717, 1.165) is 5.56 Å². The SMILES string of the molecule is C#CCOc1ccc(OCC(O)CNCCOC)c2c1NC(=O)CC2. The average Bonchev–Trinajstić information content (AvgIpc) is 2.62. The van der Waals surface area contributed by atoms with Gasteiger partial charge in [-0.25, -0.2) is 0 Å². The number of aliphatic hydroxyl groups is 1. The highest BCUT2D eigenvalue weighted by atomic mass is 16.5. The second-order valence-corrected chi connectivity index (χ2v) is 5.62. The Hall–Kier alpha value is -2.27. The summed E-state index contributed by atoms with van der Waals surface area (Å²) in [4.78, 5) is 11.7. The van der Waals surface area contributed by atoms with Gasteiger partial charge in [0.25, 0.3) is 0 Å². The fourth-order valence-corrected chi connectivity index (χ4v) is 2.50. The standard InChI is InChI=1S/C18H24N2O5/c1-3-9-24-16-6-5-15(14-4-7-17(22)20-18(14)16)25-12-13(21)11-19-8-10-23-2/h1,5-6,13,19,21H,4,7-12H2,2H3,(H,20,22). The largest absolute Gasteiger partial charge is 0.490 e. The molecule has 2 rings (SSSR count). The van der Waals surface area contributed by atoms with Crippen LogP contribution in [0.25, 0.3) is 0 Å². The zero-order valence-electron chi connectivity index (χ0n) is 14.3. The van der Waals surface area contributed by atoms with Crippen LogP contribution in [0, 0.1) is 12.3 Å². The van der Waals surface area contributed by atoms with Gasteiger partial charge < -0.3 is 30.0 Å². The predicted octanol–water partition coefficient (Wildman–Crippen LogP) is 0.559. The molecule has 25 heavy (non-hydrogen) atoms. The third-order valence-corrected chi connectivity index (χ3v) is 3.70. The first-order valence-corrected chi connectivity index (χ1v) is 8.18. The summed E-state index contributed by atoms with van der Waals surface area (Å²) in [6.45, 7) is 1.92. The number of nitrogens with one attached hydrogen (secondary N) is 2. The minimum atomic E-state index is -0.650. The molecule has 0 bridgehead atoms. The fourth-order valence-electron chi connectivity index (χ4n) is 2.50. The Labute approximate surface area is 147 Å². The molecule has 0 aromatic heterocycles. The number of terminal acetylenes is 1. The molecule has 1 unspecified atom stereocenters. The van der Waals surface area contributed by atoms with Crippen LogP contribution in [0.5, 0.6) is 11.5 Å². The van der Waals surface area contributed by atoms with Gasteiger partial charge in [0.15, 0.2) is 0 Å². The molecule has 1 aliphatic rings. The highest BCUT2D eigenvalue weighted by molar-refractivity contribution is 5.96. The smallest absolute Gasteiger partial charge is 0.224 e. The summed E-state index contributed by atoms with van der Waals surface area (Å²) in [5, 5.41) is 15.9. The number of hydrogen-bond donors (Lipinski definition) is 3. The lowest BCUT2D eigenvalue weighted by Gasteiger charge is -2.23. The average molecular weight is 348 g/mol. The van der Waals surface area contributed by atoms with Crippen LogP contribution in [0.2, 0.25) is 0 Å². The number of benzene rings is 1. The Morgan fingerprint density at radius 1 is 1.36 bits per heavy atom. The van der Waals surface area contributed by atoms with Crippen LogP contribution >= 0.6 is 0 Å². The van der Waals surface area contributed by atoms with E-state index in [0.29, 0.717) is 49.7 Å². The molecule has 0 saturated heterocycles. The zero-order valence-corrected chi connectivity index (χ0v) is 14.3. The van der Waals surface area contributed by atoms with Crippen molar-refractivity contribution in [1.29, 1.82) is 0 Å². The fraction of sp³-hybridized carbons (Fsp3) is 0.500. The van der Waals surface area contributed by atoms with Gasteiger partial charge in [0.2, 0.25) is 5.91 Å². The Morgan fingerprint density at radius 2 is 2.16 bits per heavy atom. The molecule has 0 radical (unpaired) electrons. The van der Waals surface area contributed by atoms with E-state index in [1.807, 2.05) is 0 Å². The minimum absolute atomic E-state index is 0.0717. The lowest BCUT2D eigenvalue weighted by molar-refractivity contribution is -0.116. The van der Waals surface area contributed by atoms with Crippen LogP contribution in [-0.4, -0.2) is 57.1 Å². The van der Waals surface area contributed by atoms with Gasteiger partial charge in [0.05, 0.1) is 12.3 Å². The normalized spacial score (nSPS) is 14.2. The minimum Gasteiger partial charge on any atom is -0.490 e. The summed E-state index contributed by atoms with van der Waals surface area (Å²) < 4.78 is 16.2. The van der Waals surface area contributed by atoms with Gasteiger partial charge in [-0.15, -0.1) is 6.42 Å². The van der Waals surface area contributed by atoms with Crippen LogP contribution < -0.4 is 20.1 Å². The highest BCUT2D eigenvalue weighted by Crippen LogP contribution is 2.38. The number of anilines is 1. The number of fused-ring (bicyclic) bond motifs is 1. The van der Waals surface area contributed by atoms with Gasteiger partial charge >= 0.3 is 0 Å². The molecule has 1 aliphatic heterocycles. The lowest BCUT2D eigenvalue weighted by Crippen LogP contribution is -2.33. The van der Waals surface area contributed by atoms with Crippen molar-refractivity contribution < 1.29 is 24.1 Å². The summed E-state index contributed by atoms with van der Waals surface area (Å²) in [5.74, 6) is 3.48. The Kier molecular flexibility index (Phi) is 7.54. The van der Waals surface area contributed by atoms with E-state index in [1.54, 1.807) is 19.2 Å². The number of carbonyl (C=O) groups excluding carboxylic acids is 1. The van der Waals surface area contributed by atoms with E-state index >= 15 is 0 Å². The Bertz CT molecular complexity index is 627. The first-order valence-electron chi connectivity index (χ1n) is 8.18. The molecule has 0 saturated carbocycles. The van der Waals surface area contributed by atoms with Crippen molar-refractivity contribution in [2.45, 2.75) is 18.9 Å². The molecule has 7 heteroatoms. The first-order chi connectivity index (χ1) is 12.2. The topological polar surface area (TPSA) is 89.1 Å². The summed E-state index contributed by atoms with van der Waals surface area (Å²) >= 11 is 0. The van der Waals surface area contributed by atoms with Crippen molar-refractivity contribution in [2.75, 3.05) is 45.3 Å². The highest BCUT2D eigenvalue weighted by Gasteiger charge is 2.23. The molecule has 0 fully saturated rings. The summed E-state index contributed by atoms with van der Waals surface area (Å²) in [7, 11) is 1.63. The molecule has 1 amide bonds. The number of aliphatic hydroxyl groups excluding tert-OH is 1. The molecular weight excluding hydrogens is 324 g/mol. The van der Waals surface area contributed by atoms with Gasteiger partial charge in [0, 0.05) is 32.2 Å². The molecule has 1 aromatic carbocycles. The van der Waals surface area contributed by atoms with E-state index in [-0.39, 0.29) is 19.1 Å². The number of carbonyl (C=O) groups is 1. The second kappa shape index (κ2) is 9.89. The number of amides is 1. The van der Waals surface area contributed by atoms with Crippen LogP contribution in [0.15, 0.2) is 12.1 Å². The molecule has 136 valence electrons. The van der Waals surface area contributed by atoms with Crippen molar-refractivity contribution in [3.05, 3.63) is 17.7 Å². The van der Waals surface area contributed by atoms with Gasteiger partial charge in [-0.2, -0.15) is 0 Å². The van der Waals surface area contributed by atoms with Crippen molar-refractivity contribution in [1.82, 2.24) is 5.32 Å². The van der Waals surface area contributed by atoms with E-state index in [9.17, 15) is 9.90 Å². The number of ether oxygens (including phenoxy) is 3. The molecule has 1 aromatic rings. The molecule has 3 N–H and O–H groups in total. The van der Waals surface area contributed by atoms with E-state index < -0.39 is 6.10 Å². The third-order valence-electron chi connectivity index (χ3n) is 3.70. The van der Waals surface area contributed by atoms with Crippen molar-refractivity contribution in [3.63, 3.8) is 0 Å². The number of rotatable bonds is 10. The number of hydrogen-bond acceptors (Lipinski definition) is 6. The Morgan fingerprint density at radius 3 is 2.92 bits per heavy atom. The summed E-state index contributed by atoms with van der Waals surface area (Å²) in [6, 6.07) is 3.48. The maximum atomic E-state index is 11.7. The first kappa shape index (κ1) is 19.1. The molecule has 0 aliphatic carbocycles. The molecule has 7 nitrogen and oxygen atoms in total. The quantitative estimate of drug-likeness (QED) is 0.423. The summed E-state index contributed by atoms with van der Waals surface area (Å²) in [5.41, 5.74) is 1.45. The van der Waals surface area contributed by atoms with Crippen molar-refractivity contribution >= 4 is 11.6 Å². The zero-order chi connectivity index (χ0) is 18.1. The third kappa shape index (κ3) is 5.64. The molecule has 0 spiro atoms. The second-order valence-electron chi connectivity index (χ2n) is 5.62. The van der Waals surface area contributed by atoms with Crippen molar-refractivity contribution in [2.24, 2.45) is 0 Å². The van der Waals surface area contributed by atoms with Gasteiger partial charge in [-0.1, -0.05) is 5.92 Å². The van der Waals surface area contributed by atoms with E-state index in [4.69, 9.17) is 20.6 Å². The van der Waals surface area contributed by atoms with Crippen LogP contribution in [0.4, 0.5) is 5.69 Å². The Balaban J connectivity index is 2.00. The molecule has 1 atom stereocenters. The van der Waals surface area contributed by atoms with E-state index in [1.165, 1.54) is 0 Å². The summed E-state index contributed by atoms with van der Waals surface area (Å²) in [6.07, 6.45) is 5.50. The maximum Gasteiger partial charge on any atom is 0.224 e. The van der Waals surface area contributed by atoms with Gasteiger partial charge in [-0.3, -0.25) is 4.79 Å². The van der Waals surface area contributed by atoms with Crippen LogP contribution in [-0.2, 0) is 16.0 Å². The molecule has 1 heterocycles. The van der Waals surface area contributed by atoms with Crippen LogP contribution in [0.3, 0.4) is 0 Å². The maximum absolute atomic E-state index is 11.7. The van der Waals surface area contributed by atoms with E-state index in [2.05, 4.69) is 16.6 Å². The predicted molar refractivity (Wildman–Crippen MR) is 94.0 cm³/mol. The lowest BCUT2D eigenvalue weighted by atomic mass is 10.0. The van der Waals surface area contributed by atoms with Crippen molar-refractivity contribution in [3.8, 4) is 23.8 Å².